The maximum Gasteiger partial charge on any atom is 0.331 e. The van der Waals surface area contributed by atoms with Gasteiger partial charge in [-0.25, -0.2) is 4.79 Å². The van der Waals surface area contributed by atoms with Crippen molar-refractivity contribution in [1.29, 1.82) is 0 Å². The second kappa shape index (κ2) is 28.5. The SMILES string of the molecule is CC1=C2C[C@H]3[C@@H](CC=C4C[C@@H](O)CC[C@@]43C)[C@@H]2CC[C@]12O[C@@H]1C[C@H](C)CN(CCNC(=O)C(CCCCNC(=O)CCCCCNC(=O)COC3CC[C@@]4(C)[C@H](CC[C@@H]5[C@@H]4C[C@@H](O)[C@]4(C)[C@@H](C6=CC(=O)OC6)CC[C@]54O)C3)NC(=O)c3ccc(C(=O)c4ccccc4)cc3)[C@H]1[C@H]2C. The highest BCUT2D eigenvalue weighted by Gasteiger charge is 2.71. The number of rotatable bonds is 23. The number of nitrogens with zero attached hydrogens (tertiary/aromatic N) is 1. The molecule has 7 N–H and O–H groups in total. The van der Waals surface area contributed by atoms with Crippen LogP contribution in [0.5, 0.6) is 0 Å². The number of ether oxygens (including phenoxy) is 3. The standard InChI is InChI=1S/C80H111N5O12/c1-48-39-67-72(50(3)79(97-67)33-29-59-60-25-23-55-41-57(86)27-31-76(55,4)64(60)43-61(59)49(79)2)85(45-48)38-37-83-75(93)66(84-74(92)53-21-19-52(20-22-53)73(91)51-15-9-7-10-16-51)17-12-14-36-81-69(88)18-11-8-13-35-82-70(89)47-95-58-28-32-77(5)56(42-58)24-26-63-65(77)44-68(87)78(6)62(30-34-80(63,78)94)54-40-71(90)96-46-54/h7,9-10,15-16,19-23,40,48,50,56-60,62-68,72,86-87,94H,8,11-14,17-18,24-39,41-47H2,1-6H3,(H,81,88)(H,82,89)(H,83,93)(H,84,92)/t48-,50+,56+,57-,58?,59-,60-,62+,63+,64-,65-,66?,67+,68+,72-,76-,77-,78-,79-,80-/m0/s1. The third-order valence-corrected chi connectivity index (χ3v) is 28.0. The number of esters is 1. The van der Waals surface area contributed by atoms with Gasteiger partial charge in [0.05, 0.1) is 35.6 Å². The zero-order valence-corrected chi connectivity index (χ0v) is 58.7. The van der Waals surface area contributed by atoms with E-state index in [0.29, 0.717) is 117 Å². The number of likely N-dealkylation sites (tertiary alicyclic amines) is 1. The zero-order valence-electron chi connectivity index (χ0n) is 58.7. The molecule has 0 bridgehead atoms. The Morgan fingerprint density at radius 2 is 1.51 bits per heavy atom. The number of nitrogens with one attached hydrogen (secondary N) is 4. The maximum atomic E-state index is 14.4. The van der Waals surface area contributed by atoms with Crippen LogP contribution in [-0.4, -0.2) is 149 Å². The first-order chi connectivity index (χ1) is 46.5. The van der Waals surface area contributed by atoms with E-state index >= 15 is 0 Å². The number of hydrogen-bond acceptors (Lipinski definition) is 13. The first kappa shape index (κ1) is 69.9. The first-order valence-corrected chi connectivity index (χ1v) is 37.7. The minimum absolute atomic E-state index is 0.00387. The fourth-order valence-electron chi connectivity index (χ4n) is 22.6. The van der Waals surface area contributed by atoms with E-state index in [4.69, 9.17) is 14.2 Å². The Morgan fingerprint density at radius 3 is 2.28 bits per heavy atom. The van der Waals surface area contributed by atoms with Gasteiger partial charge in [0.25, 0.3) is 5.91 Å². The van der Waals surface area contributed by atoms with Crippen LogP contribution in [0.3, 0.4) is 0 Å². The van der Waals surface area contributed by atoms with Crippen molar-refractivity contribution in [2.45, 2.75) is 237 Å². The fourth-order valence-corrected chi connectivity index (χ4v) is 22.6. The minimum atomic E-state index is -1.02. The molecule has 2 aromatic carbocycles. The normalized spacial score (nSPS) is 38.2. The molecule has 528 valence electrons. The maximum absolute atomic E-state index is 14.4. The summed E-state index contributed by atoms with van der Waals surface area (Å²) in [5.41, 5.74) is 4.94. The number of unbranched alkanes of at least 4 members (excludes halogenated alkanes) is 3. The lowest BCUT2D eigenvalue weighted by atomic mass is 9.42. The number of cyclic esters (lactones) is 1. The molecule has 2 aromatic rings. The van der Waals surface area contributed by atoms with Gasteiger partial charge >= 0.3 is 5.97 Å². The van der Waals surface area contributed by atoms with Crippen LogP contribution in [0.15, 0.2) is 89.0 Å². The molecule has 4 amide bonds. The topological polar surface area (TPSA) is 242 Å². The van der Waals surface area contributed by atoms with Crippen molar-refractivity contribution in [3.8, 4) is 0 Å². The molecule has 13 rings (SSSR count). The van der Waals surface area contributed by atoms with Gasteiger partial charge in [0, 0.05) is 79.3 Å². The monoisotopic (exact) mass is 1330 g/mol. The van der Waals surface area contributed by atoms with E-state index in [2.05, 4.69) is 66.9 Å². The molecule has 2 unspecified atom stereocenters. The van der Waals surface area contributed by atoms with Crippen molar-refractivity contribution in [1.82, 2.24) is 26.2 Å². The van der Waals surface area contributed by atoms with Crippen molar-refractivity contribution < 1.29 is 58.3 Å². The Kier molecular flexibility index (Phi) is 20.5. The second-order valence-electron chi connectivity index (χ2n) is 32.9. The molecule has 3 heterocycles. The summed E-state index contributed by atoms with van der Waals surface area (Å²) in [6, 6.07) is 14.9. The molecule has 11 aliphatic rings. The second-order valence-corrected chi connectivity index (χ2v) is 32.9. The molecular formula is C80H111N5O12. The summed E-state index contributed by atoms with van der Waals surface area (Å²) in [6.45, 7) is 17.2. The van der Waals surface area contributed by atoms with Crippen molar-refractivity contribution >= 4 is 35.4 Å². The molecule has 17 heteroatoms. The average Bonchev–Trinajstić information content (AvgIpc) is 1.64. The predicted molar refractivity (Wildman–Crippen MR) is 369 cm³/mol. The molecule has 8 aliphatic carbocycles. The highest BCUT2D eigenvalue weighted by molar-refractivity contribution is 6.09. The number of carbonyl (C=O) groups excluding carboxylic acids is 6. The van der Waals surface area contributed by atoms with Gasteiger partial charge in [-0.2, -0.15) is 0 Å². The Bertz CT molecular complexity index is 3370. The summed E-state index contributed by atoms with van der Waals surface area (Å²) in [5.74, 6) is 1.77. The number of amides is 4. The van der Waals surface area contributed by atoms with Crippen molar-refractivity contribution in [2.24, 2.45) is 69.5 Å². The van der Waals surface area contributed by atoms with Crippen LogP contribution in [0, 0.1) is 69.5 Å². The Balaban J connectivity index is 0.545. The fraction of sp³-hybridized carbons (Fsp3) is 0.700. The van der Waals surface area contributed by atoms with Gasteiger partial charge in [0.15, 0.2) is 5.78 Å². The third kappa shape index (κ3) is 13.2. The van der Waals surface area contributed by atoms with Crippen molar-refractivity contribution in [3.63, 3.8) is 0 Å². The van der Waals surface area contributed by atoms with Crippen LogP contribution in [0.4, 0.5) is 0 Å². The van der Waals surface area contributed by atoms with Crippen LogP contribution < -0.4 is 21.3 Å². The van der Waals surface area contributed by atoms with Gasteiger partial charge in [0.2, 0.25) is 17.7 Å². The molecule has 0 aromatic heterocycles. The quantitative estimate of drug-likeness (QED) is 0.0237. The average molecular weight is 1330 g/mol. The summed E-state index contributed by atoms with van der Waals surface area (Å²) in [4.78, 5) is 82.1. The van der Waals surface area contributed by atoms with E-state index in [0.717, 1.165) is 115 Å². The van der Waals surface area contributed by atoms with E-state index in [-0.39, 0.29) is 107 Å². The van der Waals surface area contributed by atoms with E-state index in [1.54, 1.807) is 48.0 Å². The molecule has 2 saturated heterocycles. The van der Waals surface area contributed by atoms with E-state index in [1.807, 2.05) is 25.1 Å². The van der Waals surface area contributed by atoms with Crippen LogP contribution in [0.25, 0.3) is 0 Å². The van der Waals surface area contributed by atoms with Crippen molar-refractivity contribution in [2.75, 3.05) is 45.9 Å². The number of carbonyl (C=O) groups is 6. The lowest BCUT2D eigenvalue weighted by Crippen LogP contribution is -2.67. The van der Waals surface area contributed by atoms with Crippen molar-refractivity contribution in [3.05, 3.63) is 106 Å². The number of benzene rings is 2. The number of hydrogen-bond donors (Lipinski definition) is 7. The summed E-state index contributed by atoms with van der Waals surface area (Å²) in [7, 11) is 0. The van der Waals surface area contributed by atoms with E-state index in [9.17, 15) is 44.1 Å². The molecule has 20 atom stereocenters. The van der Waals surface area contributed by atoms with Gasteiger partial charge in [-0.05, 0) is 223 Å². The highest BCUT2D eigenvalue weighted by Crippen LogP contribution is 2.71. The summed E-state index contributed by atoms with van der Waals surface area (Å²) < 4.78 is 19.0. The molecule has 6 saturated carbocycles. The number of ketones is 1. The molecule has 0 radical (unpaired) electrons. The van der Waals surface area contributed by atoms with Gasteiger partial charge in [-0.3, -0.25) is 28.9 Å². The Morgan fingerprint density at radius 1 is 0.753 bits per heavy atom. The van der Waals surface area contributed by atoms with Gasteiger partial charge in [-0.1, -0.05) is 101 Å². The number of aliphatic hydroxyl groups excluding tert-OH is 2. The highest BCUT2D eigenvalue weighted by atomic mass is 16.5. The van der Waals surface area contributed by atoms with Gasteiger partial charge in [0.1, 0.15) is 19.3 Å². The van der Waals surface area contributed by atoms with Gasteiger partial charge < -0.3 is 50.8 Å². The zero-order chi connectivity index (χ0) is 68.2. The molecule has 17 nitrogen and oxygen atoms in total. The lowest BCUT2D eigenvalue weighted by Gasteiger charge is -2.65. The number of piperidine rings is 1. The predicted octanol–water partition coefficient (Wildman–Crippen LogP) is 10.4. The molecular weight excluding hydrogens is 1220 g/mol. The first-order valence-electron chi connectivity index (χ1n) is 37.7. The van der Waals surface area contributed by atoms with Crippen LogP contribution >= 0.6 is 0 Å². The molecule has 8 fully saturated rings. The Labute approximate surface area is 575 Å². The molecule has 97 heavy (non-hydrogen) atoms. The Hall–Kier alpha value is -5.56. The largest absolute Gasteiger partial charge is 0.458 e. The van der Waals surface area contributed by atoms with Crippen LogP contribution in [-0.2, 0) is 33.4 Å². The molecule has 3 aliphatic heterocycles. The van der Waals surface area contributed by atoms with E-state index < -0.39 is 29.1 Å². The number of fused-ring (bicyclic) bond motifs is 11. The summed E-state index contributed by atoms with van der Waals surface area (Å²) >= 11 is 0. The third-order valence-electron chi connectivity index (χ3n) is 28.0. The summed E-state index contributed by atoms with van der Waals surface area (Å²) in [6.07, 6.45) is 22.0. The molecule has 1 spiro atoms. The summed E-state index contributed by atoms with van der Waals surface area (Å²) in [5, 5.41) is 47.5. The van der Waals surface area contributed by atoms with Gasteiger partial charge in [-0.15, -0.1) is 0 Å². The number of allylic oxidation sites excluding steroid dienone is 2. The van der Waals surface area contributed by atoms with Crippen LogP contribution in [0.1, 0.15) is 216 Å². The number of aliphatic hydroxyl groups is 3. The van der Waals surface area contributed by atoms with E-state index in [1.165, 1.54) is 11.1 Å². The minimum Gasteiger partial charge on any atom is -0.458 e. The van der Waals surface area contributed by atoms with Crippen LogP contribution in [0.2, 0.25) is 0 Å². The smallest absolute Gasteiger partial charge is 0.331 e. The lowest BCUT2D eigenvalue weighted by molar-refractivity contribution is -0.245.